The molecule has 1 saturated heterocycles. The third-order valence-corrected chi connectivity index (χ3v) is 8.03. The molecule has 11 heteroatoms. The second-order valence-electron chi connectivity index (χ2n) is 7.92. The summed E-state index contributed by atoms with van der Waals surface area (Å²) in [5.41, 5.74) is 1.04. The number of methoxy groups -OCH3 is 1. The quantitative estimate of drug-likeness (QED) is 0.563. The molecule has 0 bridgehead atoms. The van der Waals surface area contributed by atoms with Crippen LogP contribution in [0.15, 0.2) is 64.5 Å². The number of carbonyl (C=O) groups excluding carboxylic acids is 2. The van der Waals surface area contributed by atoms with E-state index in [2.05, 4.69) is 10.3 Å². The predicted molar refractivity (Wildman–Crippen MR) is 134 cm³/mol. The first-order valence-corrected chi connectivity index (χ1v) is 12.9. The number of aliphatic imine (C=N–C) groups is 1. The number of hydrogen-bond donors (Lipinski definition) is 1. The van der Waals surface area contributed by atoms with Crippen LogP contribution in [0, 0.1) is 0 Å². The molecule has 3 rings (SSSR count). The Bertz CT molecular complexity index is 1170. The second-order valence-corrected chi connectivity index (χ2v) is 11.2. The minimum Gasteiger partial charge on any atom is -0.383 e. The van der Waals surface area contributed by atoms with Crippen molar-refractivity contribution < 1.29 is 22.7 Å². The Balaban J connectivity index is 1.87. The van der Waals surface area contributed by atoms with Gasteiger partial charge in [0, 0.05) is 33.3 Å². The summed E-state index contributed by atoms with van der Waals surface area (Å²) in [6.07, 6.45) is -0.0251. The molecule has 2 amide bonds. The molecule has 2 unspecified atom stereocenters. The maximum Gasteiger partial charge on any atom is 0.243 e. The first-order chi connectivity index (χ1) is 16.1. The number of benzene rings is 2. The van der Waals surface area contributed by atoms with Gasteiger partial charge < -0.3 is 10.1 Å². The predicted octanol–water partition coefficient (Wildman–Crippen LogP) is 2.93. The van der Waals surface area contributed by atoms with E-state index in [1.54, 1.807) is 31.4 Å². The van der Waals surface area contributed by atoms with Crippen LogP contribution < -0.4 is 5.32 Å². The summed E-state index contributed by atoms with van der Waals surface area (Å²) in [5, 5.41) is 2.54. The van der Waals surface area contributed by atoms with Crippen LogP contribution in [0.2, 0.25) is 0 Å². The van der Waals surface area contributed by atoms with E-state index in [1.165, 1.54) is 42.9 Å². The van der Waals surface area contributed by atoms with Crippen molar-refractivity contribution in [2.75, 3.05) is 33.1 Å². The molecule has 9 nitrogen and oxygen atoms in total. The third-order valence-electron chi connectivity index (χ3n) is 5.06. The zero-order chi connectivity index (χ0) is 24.9. The van der Waals surface area contributed by atoms with Gasteiger partial charge in [0.05, 0.1) is 23.2 Å². The summed E-state index contributed by atoms with van der Waals surface area (Å²) in [5.74, 6) is -0.523. The van der Waals surface area contributed by atoms with Crippen molar-refractivity contribution in [1.82, 2.24) is 9.21 Å². The highest BCUT2D eigenvalue weighted by Crippen LogP contribution is 2.34. The third kappa shape index (κ3) is 6.03. The summed E-state index contributed by atoms with van der Waals surface area (Å²) in [6, 6.07) is 14.9. The molecule has 0 spiro atoms. The molecular weight excluding hydrogens is 476 g/mol. The standard InChI is InChI=1S/C23H28N4O5S2/c1-16(15-32-4)27-22(29)20(14-21(28)24-17-9-6-5-7-10-17)33-23(27)25-18-11-8-12-19(13-18)34(30,31)26(2)3/h5-13,16,20H,14-15H2,1-4H3,(H,24,28). The molecule has 0 radical (unpaired) electrons. The van der Waals surface area contributed by atoms with Gasteiger partial charge >= 0.3 is 0 Å². The molecule has 1 N–H and O–H groups in total. The number of anilines is 1. The average molecular weight is 505 g/mol. The van der Waals surface area contributed by atoms with Crippen molar-refractivity contribution in [3.8, 4) is 0 Å². The van der Waals surface area contributed by atoms with Gasteiger partial charge in [0.25, 0.3) is 0 Å². The van der Waals surface area contributed by atoms with E-state index in [4.69, 9.17) is 4.74 Å². The molecule has 1 fully saturated rings. The second kappa shape index (κ2) is 11.1. The Morgan fingerprint density at radius 3 is 2.56 bits per heavy atom. The number of nitrogens with one attached hydrogen (secondary N) is 1. The Kier molecular flexibility index (Phi) is 8.47. The molecule has 34 heavy (non-hydrogen) atoms. The highest BCUT2D eigenvalue weighted by atomic mass is 32.2. The van der Waals surface area contributed by atoms with Gasteiger partial charge in [-0.3, -0.25) is 14.5 Å². The van der Waals surface area contributed by atoms with E-state index in [1.807, 2.05) is 25.1 Å². The van der Waals surface area contributed by atoms with E-state index >= 15 is 0 Å². The van der Waals surface area contributed by atoms with Crippen LogP contribution in [0.4, 0.5) is 11.4 Å². The van der Waals surface area contributed by atoms with Gasteiger partial charge in [0.1, 0.15) is 5.25 Å². The highest BCUT2D eigenvalue weighted by molar-refractivity contribution is 8.15. The van der Waals surface area contributed by atoms with Gasteiger partial charge in [-0.05, 0) is 37.3 Å². The van der Waals surface area contributed by atoms with Gasteiger partial charge in [-0.2, -0.15) is 0 Å². The molecule has 2 aromatic carbocycles. The first-order valence-electron chi connectivity index (χ1n) is 10.6. The fourth-order valence-electron chi connectivity index (χ4n) is 3.35. The minimum atomic E-state index is -3.63. The lowest BCUT2D eigenvalue weighted by molar-refractivity contribution is -0.130. The zero-order valence-electron chi connectivity index (χ0n) is 19.5. The van der Waals surface area contributed by atoms with E-state index in [-0.39, 0.29) is 35.8 Å². The number of carbonyl (C=O) groups is 2. The number of hydrogen-bond acceptors (Lipinski definition) is 7. The number of thioether (sulfide) groups is 1. The number of para-hydroxylation sites is 1. The first kappa shape index (κ1) is 25.9. The Labute approximate surface area is 204 Å². The summed E-state index contributed by atoms with van der Waals surface area (Å²) in [6.45, 7) is 2.11. The van der Waals surface area contributed by atoms with Gasteiger partial charge in [0.2, 0.25) is 21.8 Å². The van der Waals surface area contributed by atoms with Gasteiger partial charge in [-0.25, -0.2) is 17.7 Å². The lowest BCUT2D eigenvalue weighted by Crippen LogP contribution is -2.42. The summed E-state index contributed by atoms with van der Waals surface area (Å²) < 4.78 is 31.4. The summed E-state index contributed by atoms with van der Waals surface area (Å²) in [7, 11) is 0.822. The van der Waals surface area contributed by atoms with Crippen LogP contribution in [0.5, 0.6) is 0 Å². The Hall–Kier alpha value is -2.73. The molecule has 182 valence electrons. The van der Waals surface area contributed by atoms with Gasteiger partial charge in [-0.1, -0.05) is 36.0 Å². The van der Waals surface area contributed by atoms with Crippen LogP contribution in [-0.2, 0) is 24.3 Å². The molecule has 2 aromatic rings. The maximum atomic E-state index is 13.2. The average Bonchev–Trinajstić information content (AvgIpc) is 3.09. The van der Waals surface area contributed by atoms with E-state index in [0.29, 0.717) is 16.5 Å². The van der Waals surface area contributed by atoms with Crippen LogP contribution >= 0.6 is 11.8 Å². The van der Waals surface area contributed by atoms with Crippen molar-refractivity contribution >= 4 is 50.1 Å². The van der Waals surface area contributed by atoms with E-state index in [9.17, 15) is 18.0 Å². The molecule has 1 heterocycles. The van der Waals surface area contributed by atoms with Crippen molar-refractivity contribution in [1.29, 1.82) is 0 Å². The molecule has 1 aliphatic heterocycles. The summed E-state index contributed by atoms with van der Waals surface area (Å²) >= 11 is 1.18. The fourth-order valence-corrected chi connectivity index (χ4v) is 5.54. The number of sulfonamides is 1. The fraction of sp³-hybridized carbons (Fsp3) is 0.348. The van der Waals surface area contributed by atoms with E-state index in [0.717, 1.165) is 4.31 Å². The van der Waals surface area contributed by atoms with Crippen molar-refractivity contribution in [2.45, 2.75) is 29.5 Å². The minimum absolute atomic E-state index is 0.0251. The Morgan fingerprint density at radius 2 is 1.91 bits per heavy atom. The smallest absolute Gasteiger partial charge is 0.243 e. The number of amides is 2. The lowest BCUT2D eigenvalue weighted by atomic mass is 10.2. The number of nitrogens with zero attached hydrogens (tertiary/aromatic N) is 3. The summed E-state index contributed by atoms with van der Waals surface area (Å²) in [4.78, 5) is 32.0. The number of amidine groups is 1. The van der Waals surface area contributed by atoms with Gasteiger partial charge in [0.15, 0.2) is 5.17 Å². The highest BCUT2D eigenvalue weighted by Gasteiger charge is 2.41. The molecule has 0 aromatic heterocycles. The molecule has 1 aliphatic rings. The van der Waals surface area contributed by atoms with Crippen LogP contribution in [0.25, 0.3) is 0 Å². The SMILES string of the molecule is COCC(C)N1C(=O)C(CC(=O)Nc2ccccc2)SC1=Nc1cccc(S(=O)(=O)N(C)C)c1. The van der Waals surface area contributed by atoms with Gasteiger partial charge in [-0.15, -0.1) is 0 Å². The van der Waals surface area contributed by atoms with Crippen LogP contribution in [0.3, 0.4) is 0 Å². The van der Waals surface area contributed by atoms with Crippen LogP contribution in [0.1, 0.15) is 13.3 Å². The topological polar surface area (TPSA) is 108 Å². The maximum absolute atomic E-state index is 13.2. The molecule has 2 atom stereocenters. The molecule has 0 saturated carbocycles. The van der Waals surface area contributed by atoms with Crippen molar-refractivity contribution in [2.24, 2.45) is 4.99 Å². The van der Waals surface area contributed by atoms with E-state index < -0.39 is 15.3 Å². The van der Waals surface area contributed by atoms with Crippen LogP contribution in [-0.4, -0.2) is 73.7 Å². The monoisotopic (exact) mass is 504 g/mol. The Morgan fingerprint density at radius 1 is 1.21 bits per heavy atom. The normalized spacial score (nSPS) is 18.5. The molecule has 0 aliphatic carbocycles. The number of ether oxygens (including phenoxy) is 1. The number of rotatable bonds is 9. The lowest BCUT2D eigenvalue weighted by Gasteiger charge is -2.23. The molecular formula is C23H28N4O5S2. The zero-order valence-corrected chi connectivity index (χ0v) is 21.1. The largest absolute Gasteiger partial charge is 0.383 e. The van der Waals surface area contributed by atoms with Crippen molar-refractivity contribution in [3.05, 3.63) is 54.6 Å². The van der Waals surface area contributed by atoms with Crippen molar-refractivity contribution in [3.63, 3.8) is 0 Å².